The number of carbonyl (C=O) groups is 2. The maximum Gasteiger partial charge on any atom is 0.418 e. The zero-order chi connectivity index (χ0) is 17.4. The molecular formula is C16H18F3N3O2. The van der Waals surface area contributed by atoms with Crippen LogP contribution in [0, 0.1) is 0 Å². The van der Waals surface area contributed by atoms with Crippen molar-refractivity contribution in [2.75, 3.05) is 18.4 Å². The molecule has 2 saturated heterocycles. The van der Waals surface area contributed by atoms with Crippen LogP contribution >= 0.6 is 0 Å². The molecule has 0 unspecified atom stereocenters. The van der Waals surface area contributed by atoms with Crippen molar-refractivity contribution in [1.82, 2.24) is 10.2 Å². The number of alkyl halides is 3. The summed E-state index contributed by atoms with van der Waals surface area (Å²) in [6.45, 7) is 0.806. The highest BCUT2D eigenvalue weighted by molar-refractivity contribution is 5.90. The number of urea groups is 1. The molecule has 0 atom stereocenters. The number of halogens is 3. The lowest BCUT2D eigenvalue weighted by molar-refractivity contribution is -0.137. The quantitative estimate of drug-likeness (QED) is 0.825. The number of piperidine rings is 1. The van der Waals surface area contributed by atoms with E-state index in [1.54, 1.807) is 0 Å². The topological polar surface area (TPSA) is 61.4 Å². The van der Waals surface area contributed by atoms with Crippen molar-refractivity contribution in [2.45, 2.75) is 37.4 Å². The van der Waals surface area contributed by atoms with Crippen LogP contribution in [0.3, 0.4) is 0 Å². The van der Waals surface area contributed by atoms with E-state index >= 15 is 0 Å². The molecule has 1 aromatic rings. The van der Waals surface area contributed by atoms with Crippen LogP contribution in [-0.2, 0) is 11.0 Å². The van der Waals surface area contributed by atoms with Gasteiger partial charge in [0.15, 0.2) is 0 Å². The number of hydrogen-bond donors (Lipinski definition) is 2. The predicted octanol–water partition coefficient (Wildman–Crippen LogP) is 2.98. The number of carbonyl (C=O) groups excluding carboxylic acids is 2. The van der Waals surface area contributed by atoms with Crippen LogP contribution < -0.4 is 10.6 Å². The smallest absolute Gasteiger partial charge is 0.351 e. The first-order valence-corrected chi connectivity index (χ1v) is 7.82. The van der Waals surface area contributed by atoms with Crippen LogP contribution in [0.4, 0.5) is 23.7 Å². The second kappa shape index (κ2) is 5.99. The first-order valence-electron chi connectivity index (χ1n) is 7.82. The van der Waals surface area contributed by atoms with Crippen molar-refractivity contribution in [3.8, 4) is 0 Å². The molecule has 0 bridgehead atoms. The molecule has 5 nitrogen and oxygen atoms in total. The number of para-hydroxylation sites is 1. The number of nitrogens with zero attached hydrogens (tertiary/aromatic N) is 1. The van der Waals surface area contributed by atoms with Gasteiger partial charge in [-0.15, -0.1) is 0 Å². The van der Waals surface area contributed by atoms with E-state index < -0.39 is 17.8 Å². The van der Waals surface area contributed by atoms with Gasteiger partial charge in [0.2, 0.25) is 5.91 Å². The van der Waals surface area contributed by atoms with Crippen molar-refractivity contribution in [3.63, 3.8) is 0 Å². The Bertz CT molecular complexity index is 652. The molecule has 24 heavy (non-hydrogen) atoms. The summed E-state index contributed by atoms with van der Waals surface area (Å²) in [6, 6.07) is 4.36. The Morgan fingerprint density at radius 1 is 1.17 bits per heavy atom. The largest absolute Gasteiger partial charge is 0.418 e. The Morgan fingerprint density at radius 3 is 2.42 bits per heavy atom. The maximum atomic E-state index is 13.0. The number of anilines is 1. The van der Waals surface area contributed by atoms with Gasteiger partial charge in [0.1, 0.15) is 0 Å². The van der Waals surface area contributed by atoms with E-state index in [0.717, 1.165) is 12.5 Å². The third-order valence-electron chi connectivity index (χ3n) is 4.72. The van der Waals surface area contributed by atoms with E-state index in [2.05, 4.69) is 10.6 Å². The number of nitrogens with one attached hydrogen (secondary N) is 2. The first-order chi connectivity index (χ1) is 11.3. The highest BCUT2D eigenvalue weighted by Crippen LogP contribution is 2.35. The van der Waals surface area contributed by atoms with E-state index in [0.29, 0.717) is 32.4 Å². The maximum absolute atomic E-state index is 13.0. The van der Waals surface area contributed by atoms with Gasteiger partial charge in [-0.1, -0.05) is 12.1 Å². The van der Waals surface area contributed by atoms with Crippen molar-refractivity contribution >= 4 is 17.6 Å². The fourth-order valence-corrected chi connectivity index (χ4v) is 3.32. The summed E-state index contributed by atoms with van der Waals surface area (Å²) in [5.41, 5.74) is -1.36. The van der Waals surface area contributed by atoms with Crippen molar-refractivity contribution in [2.24, 2.45) is 0 Å². The standard InChI is InChI=1S/C16H18F3N3O2/c17-16(18,19)11-3-1-2-4-12(11)20-14(24)22-9-7-15(8-10-22)6-5-13(23)21-15/h1-4H,5-10H2,(H,20,24)(H,21,23). The molecule has 2 N–H and O–H groups in total. The summed E-state index contributed by atoms with van der Waals surface area (Å²) in [5, 5.41) is 5.32. The lowest BCUT2D eigenvalue weighted by atomic mass is 9.86. The minimum Gasteiger partial charge on any atom is -0.351 e. The fraction of sp³-hybridized carbons (Fsp3) is 0.500. The fourth-order valence-electron chi connectivity index (χ4n) is 3.32. The second-order valence-corrected chi connectivity index (χ2v) is 6.29. The summed E-state index contributed by atoms with van der Waals surface area (Å²) in [6.07, 6.45) is -2.05. The molecule has 130 valence electrons. The van der Waals surface area contributed by atoms with Crippen molar-refractivity contribution < 1.29 is 22.8 Å². The molecule has 2 fully saturated rings. The van der Waals surface area contributed by atoms with Crippen LogP contribution in [0.15, 0.2) is 24.3 Å². The van der Waals surface area contributed by atoms with Gasteiger partial charge in [-0.05, 0) is 31.4 Å². The van der Waals surface area contributed by atoms with Gasteiger partial charge >= 0.3 is 12.2 Å². The van der Waals surface area contributed by atoms with Crippen molar-refractivity contribution in [1.29, 1.82) is 0 Å². The van der Waals surface area contributed by atoms with E-state index in [1.165, 1.54) is 23.1 Å². The third-order valence-corrected chi connectivity index (χ3v) is 4.72. The molecular weight excluding hydrogens is 323 g/mol. The lowest BCUT2D eigenvalue weighted by Gasteiger charge is -2.39. The number of amides is 3. The summed E-state index contributed by atoms with van der Waals surface area (Å²) < 4.78 is 38.9. The summed E-state index contributed by atoms with van der Waals surface area (Å²) >= 11 is 0. The van der Waals surface area contributed by atoms with Gasteiger partial charge in [0.05, 0.1) is 11.3 Å². The zero-order valence-corrected chi connectivity index (χ0v) is 12.9. The third kappa shape index (κ3) is 3.32. The average Bonchev–Trinajstić information content (AvgIpc) is 2.88. The van der Waals surface area contributed by atoms with Gasteiger partial charge in [0, 0.05) is 25.0 Å². The zero-order valence-electron chi connectivity index (χ0n) is 12.9. The molecule has 1 spiro atoms. The van der Waals surface area contributed by atoms with E-state index in [-0.39, 0.29) is 17.1 Å². The molecule has 0 aliphatic carbocycles. The molecule has 3 amide bonds. The number of benzene rings is 1. The molecule has 8 heteroatoms. The van der Waals surface area contributed by atoms with Crippen molar-refractivity contribution in [3.05, 3.63) is 29.8 Å². The minimum absolute atomic E-state index is 0.0204. The normalized spacial score (nSPS) is 20.1. The van der Waals surface area contributed by atoms with Crippen LogP contribution in [0.1, 0.15) is 31.2 Å². The van der Waals surface area contributed by atoms with E-state index in [4.69, 9.17) is 0 Å². The highest BCUT2D eigenvalue weighted by atomic mass is 19.4. The van der Waals surface area contributed by atoms with Gasteiger partial charge < -0.3 is 15.5 Å². The second-order valence-electron chi connectivity index (χ2n) is 6.29. The Hall–Kier alpha value is -2.25. The Labute approximate surface area is 137 Å². The Morgan fingerprint density at radius 2 is 1.83 bits per heavy atom. The number of hydrogen-bond acceptors (Lipinski definition) is 2. The summed E-state index contributed by atoms with van der Waals surface area (Å²) in [5.74, 6) is 0.0204. The molecule has 0 radical (unpaired) electrons. The Kier molecular flexibility index (Phi) is 4.15. The first kappa shape index (κ1) is 16.6. The highest BCUT2D eigenvalue weighted by Gasteiger charge is 2.41. The molecule has 0 saturated carbocycles. The van der Waals surface area contributed by atoms with Crippen LogP contribution in [-0.4, -0.2) is 35.5 Å². The SMILES string of the molecule is O=C1CCC2(CCN(C(=O)Nc3ccccc3C(F)(F)F)CC2)N1. The number of likely N-dealkylation sites (tertiary alicyclic amines) is 1. The van der Waals surface area contributed by atoms with Crippen LogP contribution in [0.5, 0.6) is 0 Å². The van der Waals surface area contributed by atoms with Gasteiger partial charge in [-0.2, -0.15) is 13.2 Å². The molecule has 2 heterocycles. The molecule has 2 aliphatic heterocycles. The summed E-state index contributed by atoms with van der Waals surface area (Å²) in [4.78, 5) is 25.2. The molecule has 2 aliphatic rings. The van der Waals surface area contributed by atoms with Gasteiger partial charge in [-0.25, -0.2) is 4.79 Å². The summed E-state index contributed by atoms with van der Waals surface area (Å²) in [7, 11) is 0. The monoisotopic (exact) mass is 341 g/mol. The minimum atomic E-state index is -4.52. The Balaban J connectivity index is 1.64. The van der Waals surface area contributed by atoms with Gasteiger partial charge in [0.25, 0.3) is 0 Å². The molecule has 3 rings (SSSR count). The molecule has 1 aromatic carbocycles. The van der Waals surface area contributed by atoms with Crippen LogP contribution in [0.25, 0.3) is 0 Å². The van der Waals surface area contributed by atoms with E-state index in [1.807, 2.05) is 0 Å². The van der Waals surface area contributed by atoms with Crippen LogP contribution in [0.2, 0.25) is 0 Å². The molecule has 0 aromatic heterocycles. The average molecular weight is 341 g/mol. The van der Waals surface area contributed by atoms with E-state index in [9.17, 15) is 22.8 Å². The number of rotatable bonds is 1. The lowest BCUT2D eigenvalue weighted by Crippen LogP contribution is -2.53. The van der Waals surface area contributed by atoms with Gasteiger partial charge in [-0.3, -0.25) is 4.79 Å². The predicted molar refractivity (Wildman–Crippen MR) is 81.4 cm³/mol.